The van der Waals surface area contributed by atoms with Crippen LogP contribution < -0.4 is 5.11 Å². The lowest BCUT2D eigenvalue weighted by Gasteiger charge is -2.42. The first-order valence-electron chi connectivity index (χ1n) is 12.0. The summed E-state index contributed by atoms with van der Waals surface area (Å²) in [6, 6.07) is 8.30. The molecule has 2 aliphatic rings. The number of fused-ring (bicyclic) bond motifs is 1. The highest BCUT2D eigenvalue weighted by molar-refractivity contribution is 5.48. The Morgan fingerprint density at radius 1 is 1.16 bits per heavy atom. The third-order valence-electron chi connectivity index (χ3n) is 7.44. The molecule has 0 radical (unpaired) electrons. The summed E-state index contributed by atoms with van der Waals surface area (Å²) in [7, 11) is 0. The van der Waals surface area contributed by atoms with Crippen LogP contribution in [0.3, 0.4) is 0 Å². The van der Waals surface area contributed by atoms with E-state index in [9.17, 15) is 10.2 Å². The van der Waals surface area contributed by atoms with E-state index in [1.54, 1.807) is 0 Å². The van der Waals surface area contributed by atoms with Crippen LogP contribution >= 0.6 is 0 Å². The quantitative estimate of drug-likeness (QED) is 0.683. The third kappa shape index (κ3) is 4.32. The van der Waals surface area contributed by atoms with Gasteiger partial charge in [-0.05, 0) is 59.3 Å². The molecular weight excluding hydrogens is 382 g/mol. The molecule has 0 spiro atoms. The van der Waals surface area contributed by atoms with E-state index in [4.69, 9.17) is 4.98 Å². The minimum Gasteiger partial charge on any atom is -0.848 e. The average molecular weight is 421 g/mol. The van der Waals surface area contributed by atoms with Gasteiger partial charge in [-0.15, -0.1) is 0 Å². The number of aliphatic hydroxyl groups is 1. The molecule has 2 unspecified atom stereocenters. The van der Waals surface area contributed by atoms with Gasteiger partial charge in [-0.3, -0.25) is 4.98 Å². The molecule has 1 N–H and O–H groups in total. The van der Waals surface area contributed by atoms with Gasteiger partial charge in [0.2, 0.25) is 0 Å². The van der Waals surface area contributed by atoms with E-state index in [2.05, 4.69) is 46.8 Å². The summed E-state index contributed by atoms with van der Waals surface area (Å²) in [6.45, 7) is 13.0. The van der Waals surface area contributed by atoms with Crippen molar-refractivity contribution in [3.05, 3.63) is 63.5 Å². The Labute approximate surface area is 187 Å². The lowest BCUT2D eigenvalue weighted by molar-refractivity contribution is -0.434. The second-order valence-corrected chi connectivity index (χ2v) is 11.7. The van der Waals surface area contributed by atoms with Crippen LogP contribution in [0.15, 0.2) is 24.3 Å². The van der Waals surface area contributed by atoms with Crippen molar-refractivity contribution < 1.29 is 10.2 Å². The molecule has 1 fully saturated rings. The Bertz CT molecular complexity index is 964. The van der Waals surface area contributed by atoms with Crippen molar-refractivity contribution in [2.24, 2.45) is 5.41 Å². The molecule has 0 saturated heterocycles. The molecule has 31 heavy (non-hydrogen) atoms. The Morgan fingerprint density at radius 3 is 2.48 bits per heavy atom. The lowest BCUT2D eigenvalue weighted by Crippen LogP contribution is -2.34. The Morgan fingerprint density at radius 2 is 1.84 bits per heavy atom. The van der Waals surface area contributed by atoms with Crippen molar-refractivity contribution in [2.45, 2.75) is 104 Å². The van der Waals surface area contributed by atoms with Gasteiger partial charge in [-0.25, -0.2) is 0 Å². The van der Waals surface area contributed by atoms with Gasteiger partial charge in [-0.2, -0.15) is 0 Å². The van der Waals surface area contributed by atoms with Gasteiger partial charge in [0, 0.05) is 17.2 Å². The largest absolute Gasteiger partial charge is 0.848 e. The fourth-order valence-corrected chi connectivity index (χ4v) is 5.71. The molecule has 1 heterocycles. The molecular formula is C28H38NO2-. The Kier molecular flexibility index (Phi) is 5.81. The van der Waals surface area contributed by atoms with Crippen LogP contribution in [0, 0.1) is 12.3 Å². The van der Waals surface area contributed by atoms with Gasteiger partial charge in [-0.1, -0.05) is 84.3 Å². The average Bonchev–Trinajstić information content (AvgIpc) is 3.20. The summed E-state index contributed by atoms with van der Waals surface area (Å²) in [4.78, 5) is 5.16. The van der Waals surface area contributed by atoms with Crippen molar-refractivity contribution in [3.63, 3.8) is 0 Å². The monoisotopic (exact) mass is 420 g/mol. The van der Waals surface area contributed by atoms with E-state index >= 15 is 0 Å². The zero-order valence-corrected chi connectivity index (χ0v) is 20.1. The topological polar surface area (TPSA) is 56.2 Å². The Hall–Kier alpha value is -1.71. The molecule has 4 rings (SSSR count). The van der Waals surface area contributed by atoms with Gasteiger partial charge in [0.15, 0.2) is 0 Å². The third-order valence-corrected chi connectivity index (χ3v) is 7.44. The van der Waals surface area contributed by atoms with Crippen molar-refractivity contribution in [2.75, 3.05) is 0 Å². The fraction of sp³-hybridized carbons (Fsp3) is 0.607. The minimum atomic E-state index is -0.768. The standard InChI is InChI=1S/C28H38NO2/c1-17-23-21(15-28(5,6)16-22(23)30)29-25(18-10-7-8-11-18)24(17)26(31)19-12-9-13-20(14-19)27(2,3)4/h9,12-14,18,22,26,31H,7-8,10-11,15-16H2,1-6H3/q-1. The smallest absolute Gasteiger partial charge is 0.106 e. The molecule has 0 amide bonds. The molecule has 3 heteroatoms. The van der Waals surface area contributed by atoms with Crippen LogP contribution in [0.5, 0.6) is 0 Å². The molecule has 3 nitrogen and oxygen atoms in total. The first-order valence-corrected chi connectivity index (χ1v) is 12.0. The van der Waals surface area contributed by atoms with Gasteiger partial charge < -0.3 is 10.2 Å². The van der Waals surface area contributed by atoms with Crippen molar-refractivity contribution >= 4 is 0 Å². The summed E-state index contributed by atoms with van der Waals surface area (Å²) >= 11 is 0. The van der Waals surface area contributed by atoms with Crippen LogP contribution in [-0.2, 0) is 11.8 Å². The lowest BCUT2D eigenvalue weighted by atomic mass is 9.72. The predicted octanol–water partition coefficient (Wildman–Crippen LogP) is 5.80. The van der Waals surface area contributed by atoms with Crippen molar-refractivity contribution in [3.8, 4) is 0 Å². The van der Waals surface area contributed by atoms with Gasteiger partial charge >= 0.3 is 0 Å². The van der Waals surface area contributed by atoms with E-state index in [0.29, 0.717) is 12.3 Å². The van der Waals surface area contributed by atoms with Gasteiger partial charge in [0.05, 0.1) is 5.69 Å². The summed E-state index contributed by atoms with van der Waals surface area (Å²) in [5.74, 6) is 0.384. The van der Waals surface area contributed by atoms with Gasteiger partial charge in [0.25, 0.3) is 0 Å². The molecule has 0 bridgehead atoms. The number of pyridine rings is 1. The second-order valence-electron chi connectivity index (χ2n) is 11.7. The molecule has 2 atom stereocenters. The maximum atomic E-state index is 13.2. The highest BCUT2D eigenvalue weighted by Gasteiger charge is 2.34. The maximum Gasteiger partial charge on any atom is 0.106 e. The minimum absolute atomic E-state index is 0.0128. The molecule has 2 aliphatic carbocycles. The first-order chi connectivity index (χ1) is 14.5. The second kappa shape index (κ2) is 8.01. The Balaban J connectivity index is 1.88. The van der Waals surface area contributed by atoms with E-state index in [1.165, 1.54) is 18.4 Å². The SMILES string of the molecule is Cc1c2c(nc(C3CCCC3)c1C(O)c1cccc(C(C)(C)C)c1)CC(C)(C)CC2[O-]. The van der Waals surface area contributed by atoms with E-state index in [1.807, 2.05) is 19.1 Å². The predicted molar refractivity (Wildman–Crippen MR) is 124 cm³/mol. The highest BCUT2D eigenvalue weighted by atomic mass is 16.3. The zero-order chi connectivity index (χ0) is 22.6. The van der Waals surface area contributed by atoms with Gasteiger partial charge in [0.1, 0.15) is 6.10 Å². The van der Waals surface area contributed by atoms with Crippen LogP contribution in [-0.4, -0.2) is 10.1 Å². The zero-order valence-electron chi connectivity index (χ0n) is 20.1. The van der Waals surface area contributed by atoms with Crippen LogP contribution in [0.4, 0.5) is 0 Å². The summed E-state index contributed by atoms with van der Waals surface area (Å²) < 4.78 is 0. The number of rotatable bonds is 3. The molecule has 1 aromatic carbocycles. The van der Waals surface area contributed by atoms with Crippen LogP contribution in [0.25, 0.3) is 0 Å². The van der Waals surface area contributed by atoms with E-state index < -0.39 is 12.2 Å². The number of nitrogens with zero attached hydrogens (tertiary/aromatic N) is 1. The summed E-state index contributed by atoms with van der Waals surface area (Å²) in [5.41, 5.74) is 6.86. The number of aliphatic hydroxyl groups excluding tert-OH is 1. The maximum absolute atomic E-state index is 13.2. The summed E-state index contributed by atoms with van der Waals surface area (Å²) in [6.07, 6.45) is 4.63. The fourth-order valence-electron chi connectivity index (χ4n) is 5.71. The molecule has 168 valence electrons. The first kappa shape index (κ1) is 22.5. The number of hydrogen-bond donors (Lipinski definition) is 1. The van der Waals surface area contributed by atoms with Crippen LogP contribution in [0.1, 0.15) is 124 Å². The number of aromatic nitrogens is 1. The molecule has 0 aliphatic heterocycles. The number of hydrogen-bond acceptors (Lipinski definition) is 3. The molecule has 1 saturated carbocycles. The number of benzene rings is 1. The van der Waals surface area contributed by atoms with Crippen molar-refractivity contribution in [1.29, 1.82) is 0 Å². The van der Waals surface area contributed by atoms with E-state index in [0.717, 1.165) is 52.9 Å². The molecule has 1 aromatic heterocycles. The highest BCUT2D eigenvalue weighted by Crippen LogP contribution is 2.46. The van der Waals surface area contributed by atoms with E-state index in [-0.39, 0.29) is 10.8 Å². The van der Waals surface area contributed by atoms with Crippen molar-refractivity contribution in [1.82, 2.24) is 4.98 Å². The normalized spacial score (nSPS) is 22.4. The molecule has 2 aromatic rings. The van der Waals surface area contributed by atoms with Crippen LogP contribution in [0.2, 0.25) is 0 Å². The summed E-state index contributed by atoms with van der Waals surface area (Å²) in [5, 5.41) is 24.9.